The van der Waals surface area contributed by atoms with Crippen molar-refractivity contribution in [2.75, 3.05) is 11.0 Å². The fourth-order valence-corrected chi connectivity index (χ4v) is 3.29. The lowest BCUT2D eigenvalue weighted by atomic mass is 9.93. The van der Waals surface area contributed by atoms with Crippen molar-refractivity contribution < 1.29 is 9.47 Å². The van der Waals surface area contributed by atoms with Crippen molar-refractivity contribution in [1.82, 2.24) is 0 Å². The summed E-state index contributed by atoms with van der Waals surface area (Å²) in [5, 5.41) is 0. The summed E-state index contributed by atoms with van der Waals surface area (Å²) in [7, 11) is 0. The van der Waals surface area contributed by atoms with Gasteiger partial charge < -0.3 is 9.47 Å². The van der Waals surface area contributed by atoms with Crippen LogP contribution in [0.25, 0.3) is 0 Å². The highest BCUT2D eigenvalue weighted by molar-refractivity contribution is 14.1. The van der Waals surface area contributed by atoms with Crippen molar-refractivity contribution in [2.24, 2.45) is 0 Å². The molecule has 0 saturated carbocycles. The molecule has 15 heavy (non-hydrogen) atoms. The van der Waals surface area contributed by atoms with Gasteiger partial charge in [0.05, 0.1) is 17.3 Å². The Balaban J connectivity index is 1.91. The first-order chi connectivity index (χ1) is 7.05. The lowest BCUT2D eigenvalue weighted by Gasteiger charge is -2.31. The minimum absolute atomic E-state index is 0.0644. The molecule has 0 bridgehead atoms. The summed E-state index contributed by atoms with van der Waals surface area (Å²) in [5.41, 5.74) is 0.169. The number of hydrogen-bond acceptors (Lipinski definition) is 2. The van der Waals surface area contributed by atoms with Gasteiger partial charge in [0.25, 0.3) is 0 Å². The zero-order valence-corrected chi connectivity index (χ0v) is 11.9. The smallest absolute Gasteiger partial charge is 0.0752 e. The van der Waals surface area contributed by atoms with Crippen LogP contribution < -0.4 is 0 Å². The van der Waals surface area contributed by atoms with Crippen LogP contribution in [0.15, 0.2) is 0 Å². The topological polar surface area (TPSA) is 18.5 Å². The molecule has 0 aromatic rings. The Hall–Kier alpha value is 0.650. The molecule has 3 heteroatoms. The zero-order valence-electron chi connectivity index (χ0n) is 9.72. The lowest BCUT2D eigenvalue weighted by Crippen LogP contribution is -2.35. The Kier molecular flexibility index (Phi) is 3.63. The predicted octanol–water partition coefficient (Wildman–Crippen LogP) is 3.32. The van der Waals surface area contributed by atoms with E-state index in [1.54, 1.807) is 0 Å². The van der Waals surface area contributed by atoms with Gasteiger partial charge in [0.15, 0.2) is 0 Å². The lowest BCUT2D eigenvalue weighted by molar-refractivity contribution is -0.0930. The van der Waals surface area contributed by atoms with Crippen molar-refractivity contribution in [1.29, 1.82) is 0 Å². The third-order valence-electron chi connectivity index (χ3n) is 3.64. The van der Waals surface area contributed by atoms with Crippen LogP contribution in [0.2, 0.25) is 0 Å². The van der Waals surface area contributed by atoms with Gasteiger partial charge >= 0.3 is 0 Å². The molecule has 3 unspecified atom stereocenters. The first-order valence-electron chi connectivity index (χ1n) is 5.93. The van der Waals surface area contributed by atoms with E-state index >= 15 is 0 Å². The summed E-state index contributed by atoms with van der Waals surface area (Å²) in [4.78, 5) is 0. The van der Waals surface area contributed by atoms with Crippen LogP contribution in [0, 0.1) is 0 Å². The molecule has 88 valence electrons. The maximum absolute atomic E-state index is 6.26. The molecule has 2 aliphatic rings. The number of hydrogen-bond donors (Lipinski definition) is 0. The van der Waals surface area contributed by atoms with Crippen molar-refractivity contribution in [3.8, 4) is 0 Å². The SMILES string of the molecule is CC1(CI)CCC(C)(CC2CCCO2)O1. The molecule has 0 spiro atoms. The zero-order chi connectivity index (χ0) is 10.9. The van der Waals surface area contributed by atoms with E-state index in [4.69, 9.17) is 9.47 Å². The molecule has 2 aliphatic heterocycles. The van der Waals surface area contributed by atoms with Crippen LogP contribution in [-0.2, 0) is 9.47 Å². The van der Waals surface area contributed by atoms with Crippen LogP contribution >= 0.6 is 22.6 Å². The van der Waals surface area contributed by atoms with Gasteiger partial charge in [0.2, 0.25) is 0 Å². The molecule has 2 saturated heterocycles. The second-order valence-corrected chi connectivity index (χ2v) is 6.24. The van der Waals surface area contributed by atoms with Gasteiger partial charge in [-0.25, -0.2) is 0 Å². The van der Waals surface area contributed by atoms with Crippen molar-refractivity contribution in [3.05, 3.63) is 0 Å². The quantitative estimate of drug-likeness (QED) is 0.586. The Morgan fingerprint density at radius 3 is 2.53 bits per heavy atom. The molecule has 2 rings (SSSR count). The van der Waals surface area contributed by atoms with E-state index in [2.05, 4.69) is 36.4 Å². The van der Waals surface area contributed by atoms with Crippen LogP contribution in [0.5, 0.6) is 0 Å². The number of rotatable bonds is 3. The molecule has 2 fully saturated rings. The third kappa shape index (κ3) is 2.86. The molecular formula is C12H21IO2. The molecule has 0 radical (unpaired) electrons. The monoisotopic (exact) mass is 324 g/mol. The molecule has 0 amide bonds. The van der Waals surface area contributed by atoms with E-state index in [0.717, 1.165) is 17.5 Å². The summed E-state index contributed by atoms with van der Waals surface area (Å²) < 4.78 is 13.0. The van der Waals surface area contributed by atoms with E-state index in [-0.39, 0.29) is 11.2 Å². The molecule has 0 aliphatic carbocycles. The molecular weight excluding hydrogens is 303 g/mol. The van der Waals surface area contributed by atoms with Crippen LogP contribution in [0.1, 0.15) is 46.0 Å². The number of ether oxygens (including phenoxy) is 2. The molecule has 0 aromatic carbocycles. The summed E-state index contributed by atoms with van der Waals surface area (Å²) in [5.74, 6) is 0. The second-order valence-electron chi connectivity index (χ2n) is 5.47. The molecule has 2 heterocycles. The van der Waals surface area contributed by atoms with Gasteiger partial charge in [0.1, 0.15) is 0 Å². The van der Waals surface area contributed by atoms with Gasteiger partial charge in [0, 0.05) is 17.5 Å². The first-order valence-corrected chi connectivity index (χ1v) is 7.46. The van der Waals surface area contributed by atoms with Crippen LogP contribution in [0.3, 0.4) is 0 Å². The fraction of sp³-hybridized carbons (Fsp3) is 1.00. The molecule has 0 N–H and O–H groups in total. The van der Waals surface area contributed by atoms with E-state index in [1.807, 2.05) is 0 Å². The van der Waals surface area contributed by atoms with E-state index in [1.165, 1.54) is 25.7 Å². The van der Waals surface area contributed by atoms with Gasteiger partial charge in [-0.1, -0.05) is 22.6 Å². The van der Waals surface area contributed by atoms with E-state index in [9.17, 15) is 0 Å². The van der Waals surface area contributed by atoms with Gasteiger partial charge in [-0.3, -0.25) is 0 Å². The number of halogens is 1. The van der Waals surface area contributed by atoms with Gasteiger partial charge in [-0.2, -0.15) is 0 Å². The summed E-state index contributed by atoms with van der Waals surface area (Å²) in [6, 6.07) is 0. The minimum Gasteiger partial charge on any atom is -0.378 e. The Morgan fingerprint density at radius 2 is 2.00 bits per heavy atom. The van der Waals surface area contributed by atoms with Crippen molar-refractivity contribution in [3.63, 3.8) is 0 Å². The summed E-state index contributed by atoms with van der Waals surface area (Å²) in [6.45, 7) is 5.44. The minimum atomic E-state index is 0.0644. The Labute approximate surface area is 106 Å². The van der Waals surface area contributed by atoms with Crippen LogP contribution in [0.4, 0.5) is 0 Å². The van der Waals surface area contributed by atoms with Gasteiger partial charge in [-0.15, -0.1) is 0 Å². The molecule has 0 aromatic heterocycles. The Bertz CT molecular complexity index is 228. The highest BCUT2D eigenvalue weighted by Gasteiger charge is 2.44. The van der Waals surface area contributed by atoms with Crippen molar-refractivity contribution in [2.45, 2.75) is 63.3 Å². The van der Waals surface area contributed by atoms with E-state index < -0.39 is 0 Å². The number of alkyl halides is 1. The largest absolute Gasteiger partial charge is 0.378 e. The Morgan fingerprint density at radius 1 is 1.27 bits per heavy atom. The fourth-order valence-electron chi connectivity index (χ4n) is 2.75. The maximum Gasteiger partial charge on any atom is 0.0752 e. The molecule has 2 nitrogen and oxygen atoms in total. The van der Waals surface area contributed by atoms with Crippen LogP contribution in [-0.4, -0.2) is 28.3 Å². The van der Waals surface area contributed by atoms with Crippen molar-refractivity contribution >= 4 is 22.6 Å². The highest BCUT2D eigenvalue weighted by atomic mass is 127. The predicted molar refractivity (Wildman–Crippen MR) is 69.6 cm³/mol. The average molecular weight is 324 g/mol. The maximum atomic E-state index is 6.26. The first kappa shape index (κ1) is 12.1. The molecule has 3 atom stereocenters. The highest BCUT2D eigenvalue weighted by Crippen LogP contribution is 2.42. The van der Waals surface area contributed by atoms with Gasteiger partial charge in [-0.05, 0) is 39.5 Å². The average Bonchev–Trinajstić information content (AvgIpc) is 2.76. The normalized spacial score (nSPS) is 46.2. The second kappa shape index (κ2) is 4.49. The standard InChI is InChI=1S/C12H21IO2/c1-11(8-10-4-3-7-14-10)5-6-12(2,9-13)15-11/h10H,3-9H2,1-2H3. The third-order valence-corrected chi connectivity index (χ3v) is 5.26. The van der Waals surface area contributed by atoms with E-state index in [0.29, 0.717) is 6.10 Å². The summed E-state index contributed by atoms with van der Waals surface area (Å²) in [6.07, 6.45) is 6.36. The summed E-state index contributed by atoms with van der Waals surface area (Å²) >= 11 is 2.43.